The molecule has 5 N–H and O–H groups in total. The number of hydrazine groups is 1. The van der Waals surface area contributed by atoms with E-state index in [0.717, 1.165) is 36.8 Å². The number of nitrogen functional groups attached to an aromatic ring is 1. The van der Waals surface area contributed by atoms with Gasteiger partial charge in [-0.1, -0.05) is 30.5 Å². The van der Waals surface area contributed by atoms with Gasteiger partial charge in [-0.05, 0) is 61.6 Å². The Morgan fingerprint density at radius 2 is 1.50 bits per heavy atom. The van der Waals surface area contributed by atoms with Crippen LogP contribution in [-0.4, -0.2) is 28.8 Å². The van der Waals surface area contributed by atoms with Crippen molar-refractivity contribution in [2.75, 3.05) is 9.73 Å². The van der Waals surface area contributed by atoms with Crippen molar-refractivity contribution >= 4 is 49.6 Å². The lowest BCUT2D eigenvalue weighted by Crippen LogP contribution is -2.35. The zero-order valence-corrected chi connectivity index (χ0v) is 19.8. The van der Waals surface area contributed by atoms with Crippen molar-refractivity contribution in [3.8, 4) is 0 Å². The van der Waals surface area contributed by atoms with Crippen molar-refractivity contribution in [1.82, 2.24) is 0 Å². The summed E-state index contributed by atoms with van der Waals surface area (Å²) in [5, 5.41) is 4.54. The van der Waals surface area contributed by atoms with Crippen molar-refractivity contribution in [1.29, 1.82) is 0 Å². The summed E-state index contributed by atoms with van der Waals surface area (Å²) in [5.41, 5.74) is 5.06. The molecule has 184 valence electrons. The monoisotopic (exact) mass is 512 g/mol. The highest BCUT2D eigenvalue weighted by Crippen LogP contribution is 2.41. The smallest absolute Gasteiger partial charge is 0.324 e. The lowest BCUT2D eigenvalue weighted by Gasteiger charge is -2.25. The van der Waals surface area contributed by atoms with Crippen LogP contribution in [0.5, 0.6) is 0 Å². The predicted octanol–water partition coefficient (Wildman–Crippen LogP) is 1.61. The van der Waals surface area contributed by atoms with Crippen molar-refractivity contribution < 1.29 is 34.8 Å². The third-order valence-electron chi connectivity index (χ3n) is 5.25. The summed E-state index contributed by atoms with van der Waals surface area (Å²) in [6.07, 6.45) is 3.82. The van der Waals surface area contributed by atoms with Crippen LogP contribution in [0.2, 0.25) is 0 Å². The quantitative estimate of drug-likeness (QED) is 0.279. The molecule has 34 heavy (non-hydrogen) atoms. The fourth-order valence-electron chi connectivity index (χ4n) is 3.78. The molecule has 12 nitrogen and oxygen atoms in total. The van der Waals surface area contributed by atoms with Crippen LogP contribution >= 0.6 is 0 Å². The average Bonchev–Trinajstić information content (AvgIpc) is 3.28. The van der Waals surface area contributed by atoms with Gasteiger partial charge in [-0.3, -0.25) is 5.84 Å². The van der Waals surface area contributed by atoms with Gasteiger partial charge in [-0.15, -0.1) is 0 Å². The fraction of sp³-hybridized carbons (Fsp3) is 0.300. The predicted molar refractivity (Wildman–Crippen MR) is 123 cm³/mol. The van der Waals surface area contributed by atoms with Gasteiger partial charge in [0, 0.05) is 0 Å². The number of nitrogens with two attached hydrogens (primary N) is 2. The second-order valence-corrected chi connectivity index (χ2v) is 10.2. The minimum atomic E-state index is -5.01. The molecule has 0 amide bonds. The van der Waals surface area contributed by atoms with Crippen molar-refractivity contribution in [2.45, 2.75) is 38.5 Å². The van der Waals surface area contributed by atoms with Gasteiger partial charge in [-0.25, -0.2) is 13.9 Å². The van der Waals surface area contributed by atoms with E-state index in [1.165, 1.54) is 18.2 Å². The highest BCUT2D eigenvalue weighted by Gasteiger charge is 2.34. The molecule has 0 aromatic heterocycles. The molecule has 0 spiro atoms. The van der Waals surface area contributed by atoms with Gasteiger partial charge in [0.1, 0.15) is 0 Å². The second-order valence-electron chi connectivity index (χ2n) is 7.69. The van der Waals surface area contributed by atoms with E-state index in [4.69, 9.17) is 5.84 Å². The van der Waals surface area contributed by atoms with Gasteiger partial charge in [0.05, 0.1) is 17.1 Å². The standard InChI is InChI=1S/C20H24N4O8S2/c1-13-6-8-15(9-7-13)24(34(29,30)32-20(26)19(25)31-33(22,27)28)16-10-11-18(23-21)17(12-16)14-4-2-3-5-14/h6-12,14,23H,2-5,21H2,1H3,(H2,22,27,28). The first-order valence-corrected chi connectivity index (χ1v) is 13.0. The van der Waals surface area contributed by atoms with Crippen molar-refractivity contribution in [3.63, 3.8) is 0 Å². The number of carbonyl (C=O) groups is 2. The maximum atomic E-state index is 13.1. The van der Waals surface area contributed by atoms with Gasteiger partial charge in [0.25, 0.3) is 0 Å². The number of rotatable bonds is 7. The van der Waals surface area contributed by atoms with Gasteiger partial charge in [0.15, 0.2) is 0 Å². The van der Waals surface area contributed by atoms with Crippen LogP contribution in [0.25, 0.3) is 0 Å². The number of hydrogen-bond donors (Lipinski definition) is 3. The zero-order chi connectivity index (χ0) is 25.1. The lowest BCUT2D eigenvalue weighted by molar-refractivity contribution is -0.155. The van der Waals surface area contributed by atoms with E-state index in [-0.39, 0.29) is 17.3 Å². The van der Waals surface area contributed by atoms with Crippen LogP contribution in [0, 0.1) is 6.92 Å². The molecule has 14 heteroatoms. The number of carbonyl (C=O) groups excluding carboxylic acids is 2. The Balaban J connectivity index is 2.06. The van der Waals surface area contributed by atoms with Gasteiger partial charge >= 0.3 is 32.5 Å². The van der Waals surface area contributed by atoms with Crippen LogP contribution in [0.4, 0.5) is 17.1 Å². The maximum Gasteiger partial charge on any atom is 0.435 e. The minimum absolute atomic E-state index is 0.101. The molecule has 1 saturated carbocycles. The SMILES string of the molecule is Cc1ccc(N(c2ccc(NN)c(C3CCCC3)c2)S(=O)(=O)OC(=O)C(=O)OS(N)(=O)=O)cc1. The van der Waals surface area contributed by atoms with E-state index in [1.54, 1.807) is 31.2 Å². The summed E-state index contributed by atoms with van der Waals surface area (Å²) < 4.78 is 56.9. The average molecular weight is 513 g/mol. The molecule has 0 atom stereocenters. The molecule has 0 aliphatic heterocycles. The summed E-state index contributed by atoms with van der Waals surface area (Å²) in [5.74, 6) is 1.60. The normalized spacial score (nSPS) is 14.4. The molecular formula is C20H24N4O8S2. The van der Waals surface area contributed by atoms with Crippen LogP contribution in [-0.2, 0) is 38.6 Å². The molecule has 0 saturated heterocycles. The molecular weight excluding hydrogens is 488 g/mol. The van der Waals surface area contributed by atoms with E-state index in [1.807, 2.05) is 0 Å². The fourth-order valence-corrected chi connectivity index (χ4v) is 5.14. The molecule has 2 aromatic rings. The Labute approximate surface area is 197 Å². The van der Waals surface area contributed by atoms with Crippen LogP contribution in [0.15, 0.2) is 42.5 Å². The molecule has 1 aliphatic carbocycles. The molecule has 3 rings (SSSR count). The van der Waals surface area contributed by atoms with Crippen LogP contribution in [0.3, 0.4) is 0 Å². The summed E-state index contributed by atoms with van der Waals surface area (Å²) >= 11 is 0. The highest BCUT2D eigenvalue weighted by molar-refractivity contribution is 7.89. The molecule has 0 radical (unpaired) electrons. The van der Waals surface area contributed by atoms with Crippen LogP contribution in [0.1, 0.15) is 42.7 Å². The highest BCUT2D eigenvalue weighted by atomic mass is 32.2. The first-order chi connectivity index (χ1) is 15.9. The maximum absolute atomic E-state index is 13.1. The Kier molecular flexibility index (Phi) is 7.45. The number of hydrogen-bond acceptors (Lipinski definition) is 10. The van der Waals surface area contributed by atoms with E-state index in [2.05, 4.69) is 18.9 Å². The zero-order valence-electron chi connectivity index (χ0n) is 18.1. The number of anilines is 3. The Morgan fingerprint density at radius 1 is 0.941 bits per heavy atom. The van der Waals surface area contributed by atoms with E-state index in [9.17, 15) is 26.4 Å². The van der Waals surface area contributed by atoms with Crippen LogP contribution < -0.4 is 20.7 Å². The largest absolute Gasteiger partial charge is 0.435 e. The molecule has 1 aliphatic rings. The van der Waals surface area contributed by atoms with Crippen molar-refractivity contribution in [2.24, 2.45) is 11.0 Å². The Morgan fingerprint density at radius 3 is 2.06 bits per heavy atom. The Bertz CT molecular complexity index is 1290. The number of nitrogens with one attached hydrogen (secondary N) is 1. The molecule has 2 aromatic carbocycles. The van der Waals surface area contributed by atoms with E-state index in [0.29, 0.717) is 9.99 Å². The third-order valence-corrected chi connectivity index (χ3v) is 6.87. The molecule has 0 unspecified atom stereocenters. The minimum Gasteiger partial charge on any atom is -0.324 e. The number of aryl methyl sites for hydroxylation is 1. The first-order valence-electron chi connectivity index (χ1n) is 10.1. The van der Waals surface area contributed by atoms with Gasteiger partial charge < -0.3 is 13.8 Å². The second kappa shape index (κ2) is 9.97. The van der Waals surface area contributed by atoms with Crippen molar-refractivity contribution in [3.05, 3.63) is 53.6 Å². The number of benzene rings is 2. The molecule has 1 fully saturated rings. The Hall–Kier alpha value is -3.20. The summed E-state index contributed by atoms with van der Waals surface area (Å²) in [4.78, 5) is 23.6. The third kappa shape index (κ3) is 6.02. The lowest BCUT2D eigenvalue weighted by atomic mass is 9.95. The summed E-state index contributed by atoms with van der Waals surface area (Å²) in [6, 6.07) is 10.9. The number of nitrogens with zero attached hydrogens (tertiary/aromatic N) is 1. The van der Waals surface area contributed by atoms with E-state index >= 15 is 0 Å². The summed E-state index contributed by atoms with van der Waals surface area (Å²) in [6.45, 7) is 1.80. The molecule has 0 heterocycles. The first kappa shape index (κ1) is 25.4. The topological polar surface area (TPSA) is 188 Å². The van der Waals surface area contributed by atoms with E-state index < -0.39 is 32.5 Å². The summed E-state index contributed by atoms with van der Waals surface area (Å²) in [7, 11) is -9.86. The van der Waals surface area contributed by atoms with Gasteiger partial charge in [-0.2, -0.15) is 22.0 Å². The molecule has 0 bridgehead atoms. The van der Waals surface area contributed by atoms with Gasteiger partial charge in [0.2, 0.25) is 0 Å².